The molecule has 0 unspecified atom stereocenters. The molecule has 6 N–H and O–H groups in total. The smallest absolute Gasteiger partial charge is 0.132 e. The van der Waals surface area contributed by atoms with Gasteiger partial charge in [0.25, 0.3) is 0 Å². The maximum absolute atomic E-state index is 11.0. The lowest BCUT2D eigenvalue weighted by Crippen LogP contribution is -2.35. The van der Waals surface area contributed by atoms with Gasteiger partial charge >= 0.3 is 0 Å². The Morgan fingerprint density at radius 3 is 2.77 bits per heavy atom. The van der Waals surface area contributed by atoms with Crippen molar-refractivity contribution < 1.29 is 10.2 Å². The number of nitrogen functional groups attached to an aromatic ring is 2. The zero-order chi connectivity index (χ0) is 21.8. The molecule has 3 heterocycles. The van der Waals surface area contributed by atoms with Crippen molar-refractivity contribution in [3.8, 4) is 0 Å². The number of rotatable bonds is 4. The van der Waals surface area contributed by atoms with Crippen molar-refractivity contribution in [1.82, 2.24) is 14.5 Å². The van der Waals surface area contributed by atoms with Crippen LogP contribution in [0, 0.1) is 5.41 Å². The minimum Gasteiger partial charge on any atom is -0.390 e. The number of aliphatic hydroxyl groups is 2. The lowest BCUT2D eigenvalue weighted by Gasteiger charge is -2.28. The topological polar surface area (TPSA) is 123 Å². The third-order valence-electron chi connectivity index (χ3n) is 6.91. The number of nitrogens with zero attached hydrogens (tertiary/aromatic N) is 3. The molecule has 7 heteroatoms. The molecule has 0 saturated heterocycles. The Kier molecular flexibility index (Phi) is 4.60. The summed E-state index contributed by atoms with van der Waals surface area (Å²) in [6.45, 7) is 2.06. The van der Waals surface area contributed by atoms with Gasteiger partial charge in [-0.2, -0.15) is 0 Å². The van der Waals surface area contributed by atoms with E-state index in [2.05, 4.69) is 29.0 Å². The van der Waals surface area contributed by atoms with Gasteiger partial charge in [0.1, 0.15) is 17.7 Å². The minimum atomic E-state index is -0.854. The first-order valence-corrected chi connectivity index (χ1v) is 10.6. The van der Waals surface area contributed by atoms with Gasteiger partial charge < -0.3 is 26.2 Å². The molecule has 3 aromatic heterocycles. The molecule has 0 amide bonds. The van der Waals surface area contributed by atoms with Crippen LogP contribution in [-0.2, 0) is 6.42 Å². The standard InChI is InChI=1S/C24H27N5O2/c1-24(9-6-14-2-3-15-4-5-20(25)28-17(15)12-14)13-19(21(30)22(24)31)29-11-8-16-18(29)7-10-27-23(16)26/h2-5,7-8,10-12,19,21-22,30-31H,6,9,13H2,1H3,(H2,25,28)(H2,26,27)/t19-,21+,22+,24+/m1/s1. The first kappa shape index (κ1) is 19.8. The summed E-state index contributed by atoms with van der Waals surface area (Å²) in [5.41, 5.74) is 14.3. The highest BCUT2D eigenvalue weighted by Gasteiger charge is 2.50. The molecular formula is C24H27N5O2. The number of pyridine rings is 2. The van der Waals surface area contributed by atoms with E-state index in [9.17, 15) is 10.2 Å². The molecule has 0 radical (unpaired) electrons. The Morgan fingerprint density at radius 2 is 1.94 bits per heavy atom. The Morgan fingerprint density at radius 1 is 1.13 bits per heavy atom. The summed E-state index contributed by atoms with van der Waals surface area (Å²) >= 11 is 0. The van der Waals surface area contributed by atoms with E-state index in [0.29, 0.717) is 18.1 Å². The SMILES string of the molecule is C[C@]1(CCc2ccc3ccc(N)nc3c2)C[C@@H](n2ccc3c(N)nccc32)[C@H](O)[C@@H]1O. The molecule has 31 heavy (non-hydrogen) atoms. The molecule has 1 aliphatic carbocycles. The van der Waals surface area contributed by atoms with Crippen LogP contribution >= 0.6 is 0 Å². The minimum absolute atomic E-state index is 0.225. The maximum Gasteiger partial charge on any atom is 0.132 e. The van der Waals surface area contributed by atoms with E-state index in [0.717, 1.165) is 40.2 Å². The third-order valence-corrected chi connectivity index (χ3v) is 6.91. The van der Waals surface area contributed by atoms with Crippen LogP contribution in [0.25, 0.3) is 21.8 Å². The van der Waals surface area contributed by atoms with Crippen molar-refractivity contribution in [3.63, 3.8) is 0 Å². The number of hydrogen-bond acceptors (Lipinski definition) is 6. The Bertz CT molecular complexity index is 1270. The predicted octanol–water partition coefficient (Wildman–Crippen LogP) is 3.05. The second kappa shape index (κ2) is 7.21. The molecule has 0 aliphatic heterocycles. The van der Waals surface area contributed by atoms with Gasteiger partial charge in [-0.05, 0) is 60.6 Å². The summed E-state index contributed by atoms with van der Waals surface area (Å²) in [6, 6.07) is 13.5. The molecular weight excluding hydrogens is 390 g/mol. The van der Waals surface area contributed by atoms with Crippen molar-refractivity contribution in [2.45, 2.75) is 44.4 Å². The number of aromatic nitrogens is 3. The molecule has 160 valence electrons. The normalized spacial score (nSPS) is 26.1. The van der Waals surface area contributed by atoms with E-state index in [1.165, 1.54) is 0 Å². The molecule has 1 aromatic carbocycles. The first-order valence-electron chi connectivity index (χ1n) is 10.6. The van der Waals surface area contributed by atoms with Crippen molar-refractivity contribution in [2.75, 3.05) is 11.5 Å². The van der Waals surface area contributed by atoms with E-state index in [-0.39, 0.29) is 6.04 Å². The number of anilines is 2. The summed E-state index contributed by atoms with van der Waals surface area (Å²) in [5, 5.41) is 23.8. The van der Waals surface area contributed by atoms with E-state index in [1.807, 2.05) is 35.0 Å². The van der Waals surface area contributed by atoms with E-state index < -0.39 is 17.6 Å². The van der Waals surface area contributed by atoms with Gasteiger partial charge in [-0.15, -0.1) is 0 Å². The van der Waals surface area contributed by atoms with Crippen LogP contribution < -0.4 is 11.5 Å². The molecule has 1 fully saturated rings. The average Bonchev–Trinajstić information content (AvgIpc) is 3.28. The molecule has 0 spiro atoms. The highest BCUT2D eigenvalue weighted by molar-refractivity contribution is 5.89. The molecule has 0 bridgehead atoms. The van der Waals surface area contributed by atoms with Gasteiger partial charge in [0.2, 0.25) is 0 Å². The summed E-state index contributed by atoms with van der Waals surface area (Å²) < 4.78 is 2.02. The van der Waals surface area contributed by atoms with Crippen molar-refractivity contribution in [3.05, 3.63) is 60.4 Å². The van der Waals surface area contributed by atoms with Gasteiger partial charge in [0, 0.05) is 23.2 Å². The maximum atomic E-state index is 11.0. The van der Waals surface area contributed by atoms with Crippen LogP contribution in [-0.4, -0.2) is 37.0 Å². The number of fused-ring (bicyclic) bond motifs is 2. The van der Waals surface area contributed by atoms with Crippen LogP contribution in [0.2, 0.25) is 0 Å². The zero-order valence-electron chi connectivity index (χ0n) is 17.4. The Labute approximate surface area is 180 Å². The largest absolute Gasteiger partial charge is 0.390 e. The fraction of sp³-hybridized carbons (Fsp3) is 0.333. The number of aliphatic hydroxyl groups excluding tert-OH is 2. The number of benzene rings is 1. The van der Waals surface area contributed by atoms with Crippen molar-refractivity contribution in [2.24, 2.45) is 5.41 Å². The van der Waals surface area contributed by atoms with Crippen LogP contribution in [0.15, 0.2) is 54.9 Å². The lowest BCUT2D eigenvalue weighted by molar-refractivity contribution is -0.0241. The van der Waals surface area contributed by atoms with Gasteiger partial charge in [-0.25, -0.2) is 9.97 Å². The van der Waals surface area contributed by atoms with E-state index in [1.54, 1.807) is 12.3 Å². The van der Waals surface area contributed by atoms with Gasteiger partial charge in [-0.3, -0.25) is 0 Å². The molecule has 4 atom stereocenters. The monoisotopic (exact) mass is 417 g/mol. The first-order chi connectivity index (χ1) is 14.9. The fourth-order valence-electron chi connectivity index (χ4n) is 5.02. The molecule has 7 nitrogen and oxygen atoms in total. The molecule has 1 aliphatic rings. The lowest BCUT2D eigenvalue weighted by atomic mass is 9.80. The van der Waals surface area contributed by atoms with Gasteiger partial charge in [-0.1, -0.05) is 19.1 Å². The molecule has 1 saturated carbocycles. The van der Waals surface area contributed by atoms with Crippen LogP contribution in [0.1, 0.15) is 31.4 Å². The molecule has 4 aromatic rings. The summed E-state index contributed by atoms with van der Waals surface area (Å²) in [5.74, 6) is 0.973. The van der Waals surface area contributed by atoms with Gasteiger partial charge in [0.15, 0.2) is 0 Å². The number of hydrogen-bond donors (Lipinski definition) is 4. The quantitative estimate of drug-likeness (QED) is 0.405. The Balaban J connectivity index is 1.39. The summed E-state index contributed by atoms with van der Waals surface area (Å²) in [7, 11) is 0. The second-order valence-electron chi connectivity index (χ2n) is 8.98. The highest BCUT2D eigenvalue weighted by Crippen LogP contribution is 2.48. The fourth-order valence-corrected chi connectivity index (χ4v) is 5.02. The Hall–Kier alpha value is -3.16. The number of nitrogens with two attached hydrogens (primary N) is 2. The predicted molar refractivity (Wildman–Crippen MR) is 122 cm³/mol. The van der Waals surface area contributed by atoms with Crippen LogP contribution in [0.4, 0.5) is 11.6 Å². The van der Waals surface area contributed by atoms with Gasteiger partial charge in [0.05, 0.1) is 23.2 Å². The second-order valence-corrected chi connectivity index (χ2v) is 8.98. The van der Waals surface area contributed by atoms with E-state index >= 15 is 0 Å². The zero-order valence-corrected chi connectivity index (χ0v) is 17.4. The van der Waals surface area contributed by atoms with Crippen molar-refractivity contribution >= 4 is 33.4 Å². The summed E-state index contributed by atoms with van der Waals surface area (Å²) in [4.78, 5) is 8.55. The summed E-state index contributed by atoms with van der Waals surface area (Å²) in [6.07, 6.45) is 4.12. The van der Waals surface area contributed by atoms with Crippen LogP contribution in [0.5, 0.6) is 0 Å². The third kappa shape index (κ3) is 3.30. The average molecular weight is 418 g/mol. The van der Waals surface area contributed by atoms with Crippen molar-refractivity contribution in [1.29, 1.82) is 0 Å². The van der Waals surface area contributed by atoms with E-state index in [4.69, 9.17) is 11.5 Å². The molecule has 5 rings (SSSR count). The van der Waals surface area contributed by atoms with Crippen LogP contribution in [0.3, 0.4) is 0 Å². The highest BCUT2D eigenvalue weighted by atomic mass is 16.3. The number of aryl methyl sites for hydroxylation is 1.